The number of H-pyrrole nitrogens is 1. The summed E-state index contributed by atoms with van der Waals surface area (Å²) in [5.74, 6) is 0.650. The van der Waals surface area contributed by atoms with Gasteiger partial charge < -0.3 is 15.4 Å². The van der Waals surface area contributed by atoms with Crippen LogP contribution in [0.1, 0.15) is 35.6 Å². The molecular weight excluding hydrogens is 224 g/mol. The quantitative estimate of drug-likeness (QED) is 0.717. The third-order valence-electron chi connectivity index (χ3n) is 4.61. The van der Waals surface area contributed by atoms with Gasteiger partial charge in [-0.1, -0.05) is 12.1 Å². The molecule has 4 rings (SSSR count). The molecule has 0 saturated carbocycles. The first-order valence-electron chi connectivity index (χ1n) is 6.85. The maximum atomic E-state index is 9.51. The lowest BCUT2D eigenvalue weighted by Gasteiger charge is -2.37. The molecule has 1 aromatic heterocycles. The summed E-state index contributed by atoms with van der Waals surface area (Å²) in [6.45, 7) is 1.24. The molecule has 2 aromatic rings. The van der Waals surface area contributed by atoms with Crippen LogP contribution in [0.3, 0.4) is 0 Å². The number of aromatic nitrogens is 1. The average Bonchev–Trinajstić information content (AvgIpc) is 2.79. The van der Waals surface area contributed by atoms with Crippen LogP contribution in [0.5, 0.6) is 0 Å². The van der Waals surface area contributed by atoms with Crippen molar-refractivity contribution in [1.29, 1.82) is 0 Å². The molecule has 94 valence electrons. The van der Waals surface area contributed by atoms with Gasteiger partial charge in [-0.3, -0.25) is 0 Å². The van der Waals surface area contributed by atoms with Gasteiger partial charge in [0.25, 0.3) is 0 Å². The van der Waals surface area contributed by atoms with Gasteiger partial charge in [0.2, 0.25) is 0 Å². The number of aromatic amines is 1. The highest BCUT2D eigenvalue weighted by atomic mass is 16.3. The van der Waals surface area contributed by atoms with Crippen LogP contribution in [-0.2, 0) is 13.0 Å². The van der Waals surface area contributed by atoms with Crippen molar-refractivity contribution in [3.05, 3.63) is 35.0 Å². The molecule has 2 aliphatic rings. The van der Waals surface area contributed by atoms with Gasteiger partial charge in [0.05, 0.1) is 6.61 Å². The number of nitrogens with one attached hydrogen (secondary N) is 2. The molecule has 1 aliphatic heterocycles. The minimum atomic E-state index is 0.112. The Balaban J connectivity index is 1.98. The lowest BCUT2D eigenvalue weighted by Crippen LogP contribution is -2.43. The summed E-state index contributed by atoms with van der Waals surface area (Å²) in [5.41, 5.74) is 5.00. The number of rotatable bonds is 1. The Morgan fingerprint density at radius 2 is 2.28 bits per heavy atom. The highest BCUT2D eigenvalue weighted by molar-refractivity contribution is 5.89. The molecule has 3 N–H and O–H groups in total. The molecule has 1 aliphatic carbocycles. The maximum absolute atomic E-state index is 9.51. The van der Waals surface area contributed by atoms with E-state index in [1.54, 1.807) is 0 Å². The smallest absolute Gasteiger partial charge is 0.0834 e. The van der Waals surface area contributed by atoms with Crippen molar-refractivity contribution < 1.29 is 5.11 Å². The monoisotopic (exact) mass is 242 g/mol. The van der Waals surface area contributed by atoms with Crippen molar-refractivity contribution in [2.24, 2.45) is 0 Å². The molecule has 0 spiro atoms. The minimum absolute atomic E-state index is 0.112. The summed E-state index contributed by atoms with van der Waals surface area (Å²) in [5, 5.41) is 14.5. The van der Waals surface area contributed by atoms with Crippen LogP contribution in [0.25, 0.3) is 10.9 Å². The predicted octanol–water partition coefficient (Wildman–Crippen LogP) is 2.05. The van der Waals surface area contributed by atoms with Crippen LogP contribution in [0.2, 0.25) is 0 Å². The zero-order valence-electron chi connectivity index (χ0n) is 10.4. The van der Waals surface area contributed by atoms with Gasteiger partial charge in [0.1, 0.15) is 0 Å². The number of benzene rings is 1. The van der Waals surface area contributed by atoms with Gasteiger partial charge in [0, 0.05) is 28.6 Å². The first-order chi connectivity index (χ1) is 8.88. The van der Waals surface area contributed by atoms with Crippen molar-refractivity contribution in [3.63, 3.8) is 0 Å². The summed E-state index contributed by atoms with van der Waals surface area (Å²) < 4.78 is 0. The standard InChI is InChI=1S/C15H18N2O/c18-8-14-11-7-13-9(4-2-6-16-13)10-3-1-5-12(17-14)15(10)11/h1,3,5,9,13,16-18H,2,4,6-8H2/t9?,13-/m1/s1. The fourth-order valence-corrected chi connectivity index (χ4v) is 3.83. The Bertz CT molecular complexity index is 602. The lowest BCUT2D eigenvalue weighted by atomic mass is 9.75. The van der Waals surface area contributed by atoms with Crippen LogP contribution in [0.15, 0.2) is 18.2 Å². The Morgan fingerprint density at radius 3 is 3.17 bits per heavy atom. The first-order valence-corrected chi connectivity index (χ1v) is 6.85. The summed E-state index contributed by atoms with van der Waals surface area (Å²) in [6.07, 6.45) is 3.61. The number of fused-ring (bicyclic) bond motifs is 2. The Kier molecular flexibility index (Phi) is 2.26. The largest absolute Gasteiger partial charge is 0.390 e. The zero-order chi connectivity index (χ0) is 12.1. The Morgan fingerprint density at radius 1 is 1.33 bits per heavy atom. The Hall–Kier alpha value is -1.32. The van der Waals surface area contributed by atoms with E-state index < -0.39 is 0 Å². The van der Waals surface area contributed by atoms with Crippen molar-refractivity contribution in [1.82, 2.24) is 10.3 Å². The fourth-order valence-electron chi connectivity index (χ4n) is 3.83. The first kappa shape index (κ1) is 10.6. The normalized spacial score (nSPS) is 26.3. The molecular formula is C15H18N2O. The van der Waals surface area contributed by atoms with Crippen molar-refractivity contribution in [3.8, 4) is 0 Å². The molecule has 0 bridgehead atoms. The number of piperidine rings is 1. The molecule has 2 heterocycles. The second-order valence-electron chi connectivity index (χ2n) is 5.52. The van der Waals surface area contributed by atoms with Crippen LogP contribution < -0.4 is 5.32 Å². The number of aliphatic hydroxyl groups excluding tert-OH is 1. The topological polar surface area (TPSA) is 48.0 Å². The van der Waals surface area contributed by atoms with Crippen LogP contribution in [0.4, 0.5) is 0 Å². The van der Waals surface area contributed by atoms with E-state index in [4.69, 9.17) is 0 Å². The van der Waals surface area contributed by atoms with Gasteiger partial charge >= 0.3 is 0 Å². The molecule has 1 unspecified atom stereocenters. The van der Waals surface area contributed by atoms with E-state index in [0.29, 0.717) is 12.0 Å². The summed E-state index contributed by atoms with van der Waals surface area (Å²) in [4.78, 5) is 3.38. The highest BCUT2D eigenvalue weighted by Gasteiger charge is 2.33. The summed E-state index contributed by atoms with van der Waals surface area (Å²) in [6, 6.07) is 7.08. The van der Waals surface area contributed by atoms with Crippen LogP contribution >= 0.6 is 0 Å². The van der Waals surface area contributed by atoms with E-state index in [1.165, 1.54) is 34.9 Å². The van der Waals surface area contributed by atoms with E-state index >= 15 is 0 Å². The van der Waals surface area contributed by atoms with E-state index in [9.17, 15) is 5.11 Å². The average molecular weight is 242 g/mol. The molecule has 1 fully saturated rings. The van der Waals surface area contributed by atoms with E-state index in [0.717, 1.165) is 18.7 Å². The molecule has 18 heavy (non-hydrogen) atoms. The molecule has 1 saturated heterocycles. The molecule has 3 heteroatoms. The molecule has 0 amide bonds. The van der Waals surface area contributed by atoms with Gasteiger partial charge in [0.15, 0.2) is 0 Å². The Labute approximate surface area is 106 Å². The van der Waals surface area contributed by atoms with Gasteiger partial charge in [-0.05, 0) is 43.0 Å². The van der Waals surface area contributed by atoms with Crippen molar-refractivity contribution >= 4 is 10.9 Å². The lowest BCUT2D eigenvalue weighted by molar-refractivity contribution is 0.274. The number of aliphatic hydroxyl groups is 1. The number of hydrogen-bond donors (Lipinski definition) is 3. The molecule has 3 nitrogen and oxygen atoms in total. The third-order valence-corrected chi connectivity index (χ3v) is 4.61. The van der Waals surface area contributed by atoms with Crippen LogP contribution in [0, 0.1) is 0 Å². The third kappa shape index (κ3) is 1.32. The molecule has 2 atom stereocenters. The molecule has 1 aromatic carbocycles. The van der Waals surface area contributed by atoms with Crippen molar-refractivity contribution in [2.75, 3.05) is 6.54 Å². The minimum Gasteiger partial charge on any atom is -0.390 e. The zero-order valence-corrected chi connectivity index (χ0v) is 10.4. The van der Waals surface area contributed by atoms with E-state index in [2.05, 4.69) is 28.5 Å². The second kappa shape index (κ2) is 3.84. The number of hydrogen-bond acceptors (Lipinski definition) is 2. The van der Waals surface area contributed by atoms with Gasteiger partial charge in [-0.15, -0.1) is 0 Å². The van der Waals surface area contributed by atoms with Crippen molar-refractivity contribution in [2.45, 2.75) is 37.8 Å². The molecule has 0 radical (unpaired) electrons. The summed E-state index contributed by atoms with van der Waals surface area (Å²) in [7, 11) is 0. The SMILES string of the molecule is OCc1[nH]c2cccc3c2c1C[C@H]1NCCCC31. The van der Waals surface area contributed by atoms with Gasteiger partial charge in [-0.2, -0.15) is 0 Å². The van der Waals surface area contributed by atoms with E-state index in [-0.39, 0.29) is 6.61 Å². The second-order valence-corrected chi connectivity index (χ2v) is 5.52. The highest BCUT2D eigenvalue weighted by Crippen LogP contribution is 2.41. The van der Waals surface area contributed by atoms with Gasteiger partial charge in [-0.25, -0.2) is 0 Å². The fraction of sp³-hybridized carbons (Fsp3) is 0.467. The maximum Gasteiger partial charge on any atom is 0.0834 e. The van der Waals surface area contributed by atoms with Crippen LogP contribution in [-0.4, -0.2) is 22.7 Å². The predicted molar refractivity (Wildman–Crippen MR) is 71.7 cm³/mol. The summed E-state index contributed by atoms with van der Waals surface area (Å²) >= 11 is 0. The van der Waals surface area contributed by atoms with E-state index in [1.807, 2.05) is 0 Å².